The molecule has 88 valence electrons. The van der Waals surface area contributed by atoms with Crippen LogP contribution in [0.1, 0.15) is 23.7 Å². The molecule has 1 atom stereocenters. The van der Waals surface area contributed by atoms with Crippen LogP contribution in [0.2, 0.25) is 0 Å². The van der Waals surface area contributed by atoms with Crippen molar-refractivity contribution in [1.82, 2.24) is 4.98 Å². The first-order valence-corrected chi connectivity index (χ1v) is 5.17. The highest BCUT2D eigenvalue weighted by molar-refractivity contribution is 5.84. The highest BCUT2D eigenvalue weighted by Gasteiger charge is 2.15. The average molecular weight is 223 g/mol. The summed E-state index contributed by atoms with van der Waals surface area (Å²) >= 11 is 0. The summed E-state index contributed by atoms with van der Waals surface area (Å²) in [6.07, 6.45) is 0.866. The fraction of sp³-hybridized carbons (Fsp3) is 0.500. The predicted molar refractivity (Wildman–Crippen MR) is 60.7 cm³/mol. The lowest BCUT2D eigenvalue weighted by molar-refractivity contribution is -0.125. The van der Waals surface area contributed by atoms with Crippen molar-refractivity contribution in [3.8, 4) is 5.75 Å². The number of aliphatic hydroxyl groups is 1. The number of pyridine rings is 1. The third kappa shape index (κ3) is 2.58. The van der Waals surface area contributed by atoms with Gasteiger partial charge in [-0.15, -0.1) is 0 Å². The molecule has 0 aliphatic rings. The fourth-order valence-electron chi connectivity index (χ4n) is 1.56. The maximum atomic E-state index is 11.4. The fourth-order valence-corrected chi connectivity index (χ4v) is 1.56. The average Bonchev–Trinajstić information content (AvgIpc) is 2.22. The Morgan fingerprint density at radius 1 is 1.56 bits per heavy atom. The van der Waals surface area contributed by atoms with E-state index in [2.05, 4.69) is 4.98 Å². The first-order chi connectivity index (χ1) is 7.47. The number of Topliss-reactive ketones (excluding diaryl/α,β-unsaturated/α-hetero) is 1. The Morgan fingerprint density at radius 3 is 2.69 bits per heavy atom. The molecular formula is C12H17NO3. The van der Waals surface area contributed by atoms with Crippen molar-refractivity contribution in [2.45, 2.75) is 33.3 Å². The second-order valence-electron chi connectivity index (χ2n) is 3.87. The molecule has 1 N–H and O–H groups in total. The Kier molecular flexibility index (Phi) is 4.01. The molecular weight excluding hydrogens is 206 g/mol. The number of aryl methyl sites for hydroxylation is 1. The molecule has 1 aromatic rings. The molecule has 0 bridgehead atoms. The van der Waals surface area contributed by atoms with Crippen molar-refractivity contribution >= 4 is 5.78 Å². The van der Waals surface area contributed by atoms with E-state index in [9.17, 15) is 4.79 Å². The van der Waals surface area contributed by atoms with Crippen molar-refractivity contribution in [2.75, 3.05) is 7.11 Å². The number of hydrogen-bond donors (Lipinski definition) is 1. The Balaban J connectivity index is 3.03. The molecule has 0 radical (unpaired) electrons. The number of carbonyl (C=O) groups excluding carboxylic acids is 1. The maximum Gasteiger partial charge on any atom is 0.166 e. The lowest BCUT2D eigenvalue weighted by Gasteiger charge is -2.12. The SMILES string of the molecule is COc1c(C)cnc(CC(=O)C(C)O)c1C. The van der Waals surface area contributed by atoms with Gasteiger partial charge in [-0.3, -0.25) is 9.78 Å². The van der Waals surface area contributed by atoms with Crippen LogP contribution < -0.4 is 4.74 Å². The van der Waals surface area contributed by atoms with Crippen LogP contribution in [-0.4, -0.2) is 29.1 Å². The van der Waals surface area contributed by atoms with Crippen molar-refractivity contribution in [2.24, 2.45) is 0 Å². The molecule has 1 unspecified atom stereocenters. The molecule has 0 spiro atoms. The summed E-state index contributed by atoms with van der Waals surface area (Å²) in [6, 6.07) is 0. The molecule has 4 heteroatoms. The molecule has 0 aliphatic heterocycles. The number of ketones is 1. The standard InChI is InChI=1S/C12H17NO3/c1-7-6-13-10(5-11(15)9(3)14)8(2)12(7)16-4/h6,9,14H,5H2,1-4H3. The van der Waals surface area contributed by atoms with Gasteiger partial charge in [0.15, 0.2) is 5.78 Å². The molecule has 0 fully saturated rings. The Morgan fingerprint density at radius 2 is 2.19 bits per heavy atom. The zero-order chi connectivity index (χ0) is 12.3. The second-order valence-corrected chi connectivity index (χ2v) is 3.87. The number of methoxy groups -OCH3 is 1. The van der Waals surface area contributed by atoms with Crippen LogP contribution in [0.5, 0.6) is 5.75 Å². The molecule has 0 amide bonds. The molecule has 4 nitrogen and oxygen atoms in total. The van der Waals surface area contributed by atoms with Gasteiger partial charge in [-0.05, 0) is 20.8 Å². The molecule has 1 heterocycles. The number of aromatic nitrogens is 1. The summed E-state index contributed by atoms with van der Waals surface area (Å²) in [5.74, 6) is 0.518. The lowest BCUT2D eigenvalue weighted by atomic mass is 10.0. The number of nitrogens with zero attached hydrogens (tertiary/aromatic N) is 1. The van der Waals surface area contributed by atoms with Gasteiger partial charge in [-0.25, -0.2) is 0 Å². The normalized spacial score (nSPS) is 12.3. The van der Waals surface area contributed by atoms with Gasteiger partial charge in [0.2, 0.25) is 0 Å². The van der Waals surface area contributed by atoms with Gasteiger partial charge in [0.1, 0.15) is 11.9 Å². The predicted octanol–water partition coefficient (Wildman–Crippen LogP) is 1.20. The number of rotatable bonds is 4. The maximum absolute atomic E-state index is 11.4. The molecule has 0 aromatic carbocycles. The third-order valence-electron chi connectivity index (χ3n) is 2.56. The highest BCUT2D eigenvalue weighted by atomic mass is 16.5. The smallest absolute Gasteiger partial charge is 0.166 e. The van der Waals surface area contributed by atoms with E-state index in [0.29, 0.717) is 5.69 Å². The highest BCUT2D eigenvalue weighted by Crippen LogP contribution is 2.24. The number of ether oxygens (including phenoxy) is 1. The first kappa shape index (κ1) is 12.6. The van der Waals surface area contributed by atoms with E-state index in [1.54, 1.807) is 13.3 Å². The Hall–Kier alpha value is -1.42. The van der Waals surface area contributed by atoms with Gasteiger partial charge in [0.05, 0.1) is 19.2 Å². The number of aliphatic hydroxyl groups excluding tert-OH is 1. The molecule has 0 saturated carbocycles. The van der Waals surface area contributed by atoms with Crippen molar-refractivity contribution in [3.05, 3.63) is 23.0 Å². The minimum absolute atomic E-state index is 0.139. The monoisotopic (exact) mass is 223 g/mol. The summed E-state index contributed by atoms with van der Waals surface area (Å²) in [5.41, 5.74) is 2.46. The molecule has 1 rings (SSSR count). The van der Waals surface area contributed by atoms with Crippen LogP contribution in [0.3, 0.4) is 0 Å². The zero-order valence-electron chi connectivity index (χ0n) is 10.1. The Bertz CT molecular complexity index is 399. The summed E-state index contributed by atoms with van der Waals surface area (Å²) < 4.78 is 5.24. The topological polar surface area (TPSA) is 59.4 Å². The van der Waals surface area contributed by atoms with Crippen LogP contribution in [0.15, 0.2) is 6.20 Å². The van der Waals surface area contributed by atoms with Gasteiger partial charge in [0, 0.05) is 17.3 Å². The van der Waals surface area contributed by atoms with E-state index in [1.807, 2.05) is 13.8 Å². The van der Waals surface area contributed by atoms with Crippen LogP contribution in [-0.2, 0) is 11.2 Å². The number of hydrogen-bond acceptors (Lipinski definition) is 4. The summed E-state index contributed by atoms with van der Waals surface area (Å²) in [4.78, 5) is 15.6. The van der Waals surface area contributed by atoms with E-state index < -0.39 is 6.10 Å². The van der Waals surface area contributed by atoms with Crippen LogP contribution in [0.25, 0.3) is 0 Å². The van der Waals surface area contributed by atoms with E-state index >= 15 is 0 Å². The summed E-state index contributed by atoms with van der Waals surface area (Å²) in [5, 5.41) is 9.15. The number of carbonyl (C=O) groups is 1. The van der Waals surface area contributed by atoms with Crippen LogP contribution in [0.4, 0.5) is 0 Å². The first-order valence-electron chi connectivity index (χ1n) is 5.17. The second kappa shape index (κ2) is 5.07. The van der Waals surface area contributed by atoms with Gasteiger partial charge in [0.25, 0.3) is 0 Å². The van der Waals surface area contributed by atoms with Gasteiger partial charge in [-0.1, -0.05) is 0 Å². The van der Waals surface area contributed by atoms with Gasteiger partial charge >= 0.3 is 0 Å². The van der Waals surface area contributed by atoms with E-state index in [-0.39, 0.29) is 12.2 Å². The van der Waals surface area contributed by atoms with Crippen LogP contribution >= 0.6 is 0 Å². The molecule has 0 aliphatic carbocycles. The summed E-state index contributed by atoms with van der Waals surface area (Å²) in [7, 11) is 1.59. The van der Waals surface area contributed by atoms with Gasteiger partial charge < -0.3 is 9.84 Å². The van der Waals surface area contributed by atoms with Crippen molar-refractivity contribution in [3.63, 3.8) is 0 Å². The minimum Gasteiger partial charge on any atom is -0.496 e. The lowest BCUT2D eigenvalue weighted by Crippen LogP contribution is -2.19. The van der Waals surface area contributed by atoms with Gasteiger partial charge in [-0.2, -0.15) is 0 Å². The quantitative estimate of drug-likeness (QED) is 0.833. The largest absolute Gasteiger partial charge is 0.496 e. The molecule has 0 saturated heterocycles. The zero-order valence-corrected chi connectivity index (χ0v) is 10.1. The summed E-state index contributed by atoms with van der Waals surface area (Å²) in [6.45, 7) is 5.23. The van der Waals surface area contributed by atoms with E-state index in [0.717, 1.165) is 16.9 Å². The third-order valence-corrected chi connectivity index (χ3v) is 2.56. The van der Waals surface area contributed by atoms with Crippen molar-refractivity contribution < 1.29 is 14.6 Å². The van der Waals surface area contributed by atoms with E-state index in [4.69, 9.17) is 9.84 Å². The molecule has 1 aromatic heterocycles. The van der Waals surface area contributed by atoms with Crippen molar-refractivity contribution in [1.29, 1.82) is 0 Å². The minimum atomic E-state index is -0.950. The molecule has 16 heavy (non-hydrogen) atoms. The van der Waals surface area contributed by atoms with E-state index in [1.165, 1.54) is 6.92 Å². The Labute approximate surface area is 95.3 Å². The van der Waals surface area contributed by atoms with Crippen LogP contribution in [0, 0.1) is 13.8 Å².